The van der Waals surface area contributed by atoms with E-state index < -0.39 is 11.0 Å². The van der Waals surface area contributed by atoms with Gasteiger partial charge in [-0.3, -0.25) is 24.6 Å². The summed E-state index contributed by atoms with van der Waals surface area (Å²) in [7, 11) is 2.83. The van der Waals surface area contributed by atoms with Gasteiger partial charge in [-0.1, -0.05) is 0 Å². The first-order chi connectivity index (χ1) is 9.92. The average molecular weight is 293 g/mol. The van der Waals surface area contributed by atoms with Crippen molar-refractivity contribution in [3.63, 3.8) is 0 Å². The minimum Gasteiger partial charge on any atom is -0.496 e. The molecule has 1 saturated heterocycles. The summed E-state index contributed by atoms with van der Waals surface area (Å²) >= 11 is 0. The van der Waals surface area contributed by atoms with Gasteiger partial charge in [0.1, 0.15) is 11.8 Å². The van der Waals surface area contributed by atoms with Crippen LogP contribution < -0.4 is 10.1 Å². The molecule has 1 atom stereocenters. The summed E-state index contributed by atoms with van der Waals surface area (Å²) in [6.07, 6.45) is 0.610. The Morgan fingerprint density at radius 3 is 2.71 bits per heavy atom. The second-order valence-corrected chi connectivity index (χ2v) is 4.70. The van der Waals surface area contributed by atoms with Gasteiger partial charge in [-0.2, -0.15) is 0 Å². The van der Waals surface area contributed by atoms with Crippen molar-refractivity contribution in [3.05, 3.63) is 28.3 Å². The maximum Gasteiger partial charge on any atom is 0.275 e. The lowest BCUT2D eigenvalue weighted by atomic mass is 10.0. The Hall–Kier alpha value is -2.64. The molecule has 1 unspecified atom stereocenters. The van der Waals surface area contributed by atoms with E-state index in [1.165, 1.54) is 26.3 Å². The van der Waals surface area contributed by atoms with Crippen molar-refractivity contribution >= 4 is 23.2 Å². The number of nitrogens with zero attached hydrogens (tertiary/aromatic N) is 2. The van der Waals surface area contributed by atoms with Gasteiger partial charge in [0.2, 0.25) is 5.91 Å². The van der Waals surface area contributed by atoms with E-state index in [1.54, 1.807) is 6.07 Å². The Labute approximate surface area is 120 Å². The summed E-state index contributed by atoms with van der Waals surface area (Å²) < 4.78 is 5.01. The third-order valence-corrected chi connectivity index (χ3v) is 3.33. The van der Waals surface area contributed by atoms with E-state index in [9.17, 15) is 19.7 Å². The van der Waals surface area contributed by atoms with Crippen molar-refractivity contribution in [2.45, 2.75) is 18.9 Å². The highest BCUT2D eigenvalue weighted by molar-refractivity contribution is 6.01. The summed E-state index contributed by atoms with van der Waals surface area (Å²) in [5.41, 5.74) is 0.270. The number of benzene rings is 1. The number of amides is 2. The van der Waals surface area contributed by atoms with Crippen molar-refractivity contribution in [2.24, 2.45) is 0 Å². The van der Waals surface area contributed by atoms with Crippen LogP contribution in [0, 0.1) is 10.1 Å². The number of carbonyl (C=O) groups excluding carboxylic acids is 2. The SMILES string of the molecule is COc1cc(NC2CCC(=O)N(C)C2=O)cc([N+](=O)[O-])c1. The van der Waals surface area contributed by atoms with Gasteiger partial charge in [-0.25, -0.2) is 0 Å². The Morgan fingerprint density at radius 2 is 2.10 bits per heavy atom. The molecule has 1 aromatic rings. The molecule has 1 aliphatic heterocycles. The molecule has 0 aromatic heterocycles. The predicted molar refractivity (Wildman–Crippen MR) is 74.1 cm³/mol. The van der Waals surface area contributed by atoms with E-state index in [0.29, 0.717) is 17.9 Å². The van der Waals surface area contributed by atoms with Crippen LogP contribution in [0.3, 0.4) is 0 Å². The number of hydrogen-bond acceptors (Lipinski definition) is 6. The summed E-state index contributed by atoms with van der Waals surface area (Å²) in [6.45, 7) is 0. The number of ether oxygens (including phenoxy) is 1. The van der Waals surface area contributed by atoms with Crippen molar-refractivity contribution < 1.29 is 19.2 Å². The molecule has 2 rings (SSSR count). The predicted octanol–water partition coefficient (Wildman–Crippen LogP) is 1.16. The van der Waals surface area contributed by atoms with Crippen LogP contribution in [-0.4, -0.2) is 41.8 Å². The van der Waals surface area contributed by atoms with Crippen LogP contribution in [0.4, 0.5) is 11.4 Å². The molecule has 0 radical (unpaired) electrons. The van der Waals surface area contributed by atoms with Crippen LogP contribution in [0.15, 0.2) is 18.2 Å². The zero-order valence-corrected chi connectivity index (χ0v) is 11.7. The van der Waals surface area contributed by atoms with Gasteiger partial charge in [0.25, 0.3) is 11.6 Å². The smallest absolute Gasteiger partial charge is 0.275 e. The molecule has 0 saturated carbocycles. The Morgan fingerprint density at radius 1 is 1.38 bits per heavy atom. The lowest BCUT2D eigenvalue weighted by molar-refractivity contribution is -0.384. The number of rotatable bonds is 4. The first-order valence-electron chi connectivity index (χ1n) is 6.33. The van der Waals surface area contributed by atoms with Crippen LogP contribution >= 0.6 is 0 Å². The van der Waals surface area contributed by atoms with E-state index in [2.05, 4.69) is 5.32 Å². The number of methoxy groups -OCH3 is 1. The number of hydrogen-bond donors (Lipinski definition) is 1. The summed E-state index contributed by atoms with van der Waals surface area (Å²) in [5, 5.41) is 13.8. The minimum atomic E-state index is -0.584. The molecular weight excluding hydrogens is 278 g/mol. The number of imide groups is 1. The lowest BCUT2D eigenvalue weighted by Gasteiger charge is -2.28. The molecule has 1 heterocycles. The Balaban J connectivity index is 2.23. The summed E-state index contributed by atoms with van der Waals surface area (Å²) in [5.74, 6) is -0.259. The molecule has 0 bridgehead atoms. The molecule has 1 aromatic carbocycles. The van der Waals surface area contributed by atoms with Crippen LogP contribution in [0.2, 0.25) is 0 Å². The fourth-order valence-corrected chi connectivity index (χ4v) is 2.14. The topological polar surface area (TPSA) is 102 Å². The average Bonchev–Trinajstić information content (AvgIpc) is 2.47. The third kappa shape index (κ3) is 3.10. The second kappa shape index (κ2) is 5.78. The first-order valence-corrected chi connectivity index (χ1v) is 6.33. The molecule has 0 spiro atoms. The molecule has 1 fully saturated rings. The molecule has 1 aliphatic rings. The van der Waals surface area contributed by atoms with Gasteiger partial charge in [0.05, 0.1) is 18.1 Å². The van der Waals surface area contributed by atoms with Gasteiger partial charge >= 0.3 is 0 Å². The third-order valence-electron chi connectivity index (χ3n) is 3.33. The molecule has 0 aliphatic carbocycles. The maximum atomic E-state index is 12.0. The summed E-state index contributed by atoms with van der Waals surface area (Å²) in [4.78, 5) is 34.8. The molecule has 8 nitrogen and oxygen atoms in total. The second-order valence-electron chi connectivity index (χ2n) is 4.70. The molecule has 1 N–H and O–H groups in total. The molecule has 2 amide bonds. The van der Waals surface area contributed by atoms with Crippen molar-refractivity contribution in [2.75, 3.05) is 19.5 Å². The van der Waals surface area contributed by atoms with Gasteiger partial charge in [-0.05, 0) is 6.42 Å². The number of non-ortho nitro benzene ring substituents is 1. The van der Waals surface area contributed by atoms with E-state index in [4.69, 9.17) is 4.74 Å². The quantitative estimate of drug-likeness (QED) is 0.508. The van der Waals surface area contributed by atoms with E-state index >= 15 is 0 Å². The molecule has 21 heavy (non-hydrogen) atoms. The number of nitro groups is 1. The van der Waals surface area contributed by atoms with Crippen LogP contribution in [0.25, 0.3) is 0 Å². The van der Waals surface area contributed by atoms with Crippen molar-refractivity contribution in [3.8, 4) is 5.75 Å². The molecular formula is C13H15N3O5. The van der Waals surface area contributed by atoms with E-state index in [0.717, 1.165) is 4.90 Å². The number of anilines is 1. The molecule has 8 heteroatoms. The van der Waals surface area contributed by atoms with Crippen LogP contribution in [0.1, 0.15) is 12.8 Å². The number of piperidine rings is 1. The largest absolute Gasteiger partial charge is 0.496 e. The highest BCUT2D eigenvalue weighted by Gasteiger charge is 2.31. The Bertz CT molecular complexity index is 601. The standard InChI is InChI=1S/C13H15N3O5/c1-15-12(17)4-3-11(13(15)18)14-8-5-9(16(19)20)7-10(6-8)21-2/h5-7,11,14H,3-4H2,1-2H3. The normalized spacial score (nSPS) is 18.6. The van der Waals surface area contributed by atoms with Crippen molar-refractivity contribution in [1.29, 1.82) is 0 Å². The number of nitrogens with one attached hydrogen (secondary N) is 1. The molecule has 112 valence electrons. The minimum absolute atomic E-state index is 0.135. The number of likely N-dealkylation sites (tertiary alicyclic amines) is 1. The number of nitro benzene ring substituents is 1. The maximum absolute atomic E-state index is 12.0. The highest BCUT2D eigenvalue weighted by Crippen LogP contribution is 2.27. The first kappa shape index (κ1) is 14.8. The lowest BCUT2D eigenvalue weighted by Crippen LogP contribution is -2.48. The van der Waals surface area contributed by atoms with Gasteiger partial charge in [0.15, 0.2) is 0 Å². The zero-order chi connectivity index (χ0) is 15.6. The fraction of sp³-hybridized carbons (Fsp3) is 0.385. The van der Waals surface area contributed by atoms with Crippen LogP contribution in [-0.2, 0) is 9.59 Å². The van der Waals surface area contributed by atoms with E-state index in [-0.39, 0.29) is 23.9 Å². The van der Waals surface area contributed by atoms with Crippen molar-refractivity contribution in [1.82, 2.24) is 4.90 Å². The Kier molecular flexibility index (Phi) is 4.06. The fourth-order valence-electron chi connectivity index (χ4n) is 2.14. The van der Waals surface area contributed by atoms with Crippen LogP contribution in [0.5, 0.6) is 5.75 Å². The zero-order valence-electron chi connectivity index (χ0n) is 11.7. The van der Waals surface area contributed by atoms with Gasteiger partial charge < -0.3 is 10.1 Å². The monoisotopic (exact) mass is 293 g/mol. The van der Waals surface area contributed by atoms with Gasteiger partial charge in [-0.15, -0.1) is 0 Å². The number of carbonyl (C=O) groups is 2. The summed E-state index contributed by atoms with van der Waals surface area (Å²) in [6, 6.07) is 3.60. The van der Waals surface area contributed by atoms with Gasteiger partial charge in [0, 0.05) is 31.3 Å². The van der Waals surface area contributed by atoms with E-state index in [1.807, 2.05) is 0 Å². The number of likely N-dealkylation sites (N-methyl/N-ethyl adjacent to an activating group) is 1. The highest BCUT2D eigenvalue weighted by atomic mass is 16.6.